The lowest BCUT2D eigenvalue weighted by Crippen LogP contribution is -2.51. The first kappa shape index (κ1) is 19.5. The van der Waals surface area contributed by atoms with Crippen LogP contribution in [0.2, 0.25) is 0 Å². The summed E-state index contributed by atoms with van der Waals surface area (Å²) in [4.78, 5) is 15.3. The van der Waals surface area contributed by atoms with E-state index in [-0.39, 0.29) is 24.1 Å². The number of benzene rings is 2. The quantitative estimate of drug-likeness (QED) is 0.603. The van der Waals surface area contributed by atoms with Crippen molar-refractivity contribution in [1.29, 1.82) is 0 Å². The zero-order valence-corrected chi connectivity index (χ0v) is 16.9. The SMILES string of the molecule is CCCC(CC)N1C(=O)OC(c2ccccc2)(c2ccccc2)[C@@H]1C(C)C. The molecule has 0 N–H and O–H groups in total. The van der Waals surface area contributed by atoms with Crippen LogP contribution in [0.4, 0.5) is 4.79 Å². The molecule has 144 valence electrons. The lowest BCUT2D eigenvalue weighted by Gasteiger charge is -2.40. The molecule has 2 aromatic rings. The van der Waals surface area contributed by atoms with Gasteiger partial charge in [-0.05, 0) is 18.8 Å². The second-order valence-corrected chi connectivity index (χ2v) is 7.78. The van der Waals surface area contributed by atoms with Gasteiger partial charge in [-0.25, -0.2) is 4.79 Å². The topological polar surface area (TPSA) is 29.5 Å². The molecule has 1 aliphatic heterocycles. The van der Waals surface area contributed by atoms with Gasteiger partial charge in [0.15, 0.2) is 5.60 Å². The number of carbonyl (C=O) groups is 1. The van der Waals surface area contributed by atoms with Crippen molar-refractivity contribution in [2.24, 2.45) is 5.92 Å². The van der Waals surface area contributed by atoms with E-state index in [9.17, 15) is 4.79 Å². The Morgan fingerprint density at radius 1 is 0.963 bits per heavy atom. The molecule has 0 radical (unpaired) electrons. The molecule has 0 aliphatic carbocycles. The van der Waals surface area contributed by atoms with Crippen molar-refractivity contribution in [2.45, 2.75) is 64.6 Å². The number of nitrogens with zero attached hydrogens (tertiary/aromatic N) is 1. The van der Waals surface area contributed by atoms with Crippen LogP contribution >= 0.6 is 0 Å². The number of rotatable bonds is 7. The molecule has 1 saturated heterocycles. The number of cyclic esters (lactones) is 1. The molecular weight excluding hydrogens is 334 g/mol. The molecule has 1 heterocycles. The maximum absolute atomic E-state index is 13.2. The molecule has 1 unspecified atom stereocenters. The van der Waals surface area contributed by atoms with Gasteiger partial charge in [0, 0.05) is 17.2 Å². The standard InChI is InChI=1S/C24H31NO2/c1-5-13-21(6-2)25-22(18(3)4)24(27-23(25)26,19-14-9-7-10-15-19)20-16-11-8-12-17-20/h7-12,14-18,21-22H,5-6,13H2,1-4H3/t21?,22-/m0/s1. The summed E-state index contributed by atoms with van der Waals surface area (Å²) >= 11 is 0. The molecule has 0 saturated carbocycles. The lowest BCUT2D eigenvalue weighted by atomic mass is 9.75. The predicted octanol–water partition coefficient (Wildman–Crippen LogP) is 5.99. The van der Waals surface area contributed by atoms with Crippen LogP contribution in [-0.4, -0.2) is 23.1 Å². The Morgan fingerprint density at radius 2 is 1.48 bits per heavy atom. The molecule has 3 nitrogen and oxygen atoms in total. The molecule has 2 aromatic carbocycles. The minimum absolute atomic E-state index is 0.0497. The smallest absolute Gasteiger partial charge is 0.411 e. The number of ether oxygens (including phenoxy) is 1. The van der Waals surface area contributed by atoms with E-state index < -0.39 is 5.60 Å². The van der Waals surface area contributed by atoms with Crippen LogP contribution in [0, 0.1) is 5.92 Å². The minimum Gasteiger partial charge on any atom is -0.431 e. The average molecular weight is 366 g/mol. The number of hydrogen-bond donors (Lipinski definition) is 0. The zero-order chi connectivity index (χ0) is 19.4. The molecule has 1 aliphatic rings. The summed E-state index contributed by atoms with van der Waals surface area (Å²) in [6.45, 7) is 8.73. The molecule has 1 amide bonds. The summed E-state index contributed by atoms with van der Waals surface area (Å²) in [6.07, 6.45) is 2.79. The zero-order valence-electron chi connectivity index (χ0n) is 16.9. The molecule has 27 heavy (non-hydrogen) atoms. The first-order chi connectivity index (χ1) is 13.1. The van der Waals surface area contributed by atoms with Gasteiger partial charge in [-0.1, -0.05) is 94.8 Å². The molecule has 0 spiro atoms. The van der Waals surface area contributed by atoms with Gasteiger partial charge < -0.3 is 4.74 Å². The number of amides is 1. The Kier molecular flexibility index (Phi) is 5.88. The van der Waals surface area contributed by atoms with Crippen molar-refractivity contribution in [2.75, 3.05) is 0 Å². The van der Waals surface area contributed by atoms with Gasteiger partial charge in [0.1, 0.15) is 0 Å². The normalized spacial score (nSPS) is 20.0. The Hall–Kier alpha value is -2.29. The second-order valence-electron chi connectivity index (χ2n) is 7.78. The summed E-state index contributed by atoms with van der Waals surface area (Å²) in [5, 5.41) is 0. The fourth-order valence-electron chi connectivity index (χ4n) is 4.60. The summed E-state index contributed by atoms with van der Waals surface area (Å²) in [5.74, 6) is 0.253. The maximum atomic E-state index is 13.2. The van der Waals surface area contributed by atoms with Gasteiger partial charge in [0.25, 0.3) is 0 Å². The van der Waals surface area contributed by atoms with Crippen LogP contribution in [-0.2, 0) is 10.3 Å². The summed E-state index contributed by atoms with van der Waals surface area (Å²) in [5.41, 5.74) is 1.30. The van der Waals surface area contributed by atoms with E-state index in [1.54, 1.807) is 0 Å². The van der Waals surface area contributed by atoms with Gasteiger partial charge in [-0.2, -0.15) is 0 Å². The summed E-state index contributed by atoms with van der Waals surface area (Å²) in [6, 6.07) is 20.6. The van der Waals surface area contributed by atoms with Crippen molar-refractivity contribution in [3.63, 3.8) is 0 Å². The Bertz CT molecular complexity index is 702. The van der Waals surface area contributed by atoms with Crippen LogP contribution in [0.25, 0.3) is 0 Å². The number of hydrogen-bond acceptors (Lipinski definition) is 2. The lowest BCUT2D eigenvalue weighted by molar-refractivity contribution is 0.0518. The van der Waals surface area contributed by atoms with E-state index in [0.29, 0.717) is 0 Å². The fraction of sp³-hybridized carbons (Fsp3) is 0.458. The Balaban J connectivity index is 2.22. The minimum atomic E-state index is -0.783. The molecule has 2 atom stereocenters. The van der Waals surface area contributed by atoms with Crippen LogP contribution < -0.4 is 0 Å². The highest BCUT2D eigenvalue weighted by atomic mass is 16.6. The third-order valence-corrected chi connectivity index (χ3v) is 5.70. The molecule has 1 fully saturated rings. The summed E-state index contributed by atoms with van der Waals surface area (Å²) in [7, 11) is 0. The highest BCUT2D eigenvalue weighted by Crippen LogP contribution is 2.48. The van der Waals surface area contributed by atoms with Gasteiger partial charge in [-0.3, -0.25) is 4.90 Å². The molecule has 0 aromatic heterocycles. The van der Waals surface area contributed by atoms with Crippen LogP contribution in [0.1, 0.15) is 58.1 Å². The fourth-order valence-corrected chi connectivity index (χ4v) is 4.60. The summed E-state index contributed by atoms with van der Waals surface area (Å²) < 4.78 is 6.32. The van der Waals surface area contributed by atoms with E-state index in [1.165, 1.54) is 0 Å². The maximum Gasteiger partial charge on any atom is 0.411 e. The second kappa shape index (κ2) is 8.16. The molecular formula is C24H31NO2. The van der Waals surface area contributed by atoms with Crippen molar-refractivity contribution in [1.82, 2.24) is 4.90 Å². The molecule has 3 heteroatoms. The van der Waals surface area contributed by atoms with E-state index in [1.807, 2.05) is 41.3 Å². The average Bonchev–Trinajstić information content (AvgIpc) is 3.01. The molecule has 3 rings (SSSR count). The van der Waals surface area contributed by atoms with Gasteiger partial charge in [0.05, 0.1) is 6.04 Å². The van der Waals surface area contributed by atoms with Gasteiger partial charge >= 0.3 is 6.09 Å². The van der Waals surface area contributed by atoms with Crippen LogP contribution in [0.15, 0.2) is 60.7 Å². The van der Waals surface area contributed by atoms with Crippen molar-refractivity contribution in [3.05, 3.63) is 71.8 Å². The highest BCUT2D eigenvalue weighted by Gasteiger charge is 2.58. The van der Waals surface area contributed by atoms with Crippen molar-refractivity contribution in [3.8, 4) is 0 Å². The van der Waals surface area contributed by atoms with Crippen LogP contribution in [0.5, 0.6) is 0 Å². The Labute approximate surface area is 163 Å². The first-order valence-electron chi connectivity index (χ1n) is 10.2. The van der Waals surface area contributed by atoms with Crippen LogP contribution in [0.3, 0.4) is 0 Å². The number of carbonyl (C=O) groups excluding carboxylic acids is 1. The monoisotopic (exact) mass is 365 g/mol. The van der Waals surface area contributed by atoms with Gasteiger partial charge in [0.2, 0.25) is 0 Å². The van der Waals surface area contributed by atoms with E-state index in [2.05, 4.69) is 52.0 Å². The highest BCUT2D eigenvalue weighted by molar-refractivity contribution is 5.74. The van der Waals surface area contributed by atoms with Gasteiger partial charge in [-0.15, -0.1) is 0 Å². The van der Waals surface area contributed by atoms with E-state index in [4.69, 9.17) is 4.74 Å². The van der Waals surface area contributed by atoms with E-state index >= 15 is 0 Å². The first-order valence-corrected chi connectivity index (χ1v) is 10.2. The predicted molar refractivity (Wildman–Crippen MR) is 110 cm³/mol. The van der Waals surface area contributed by atoms with E-state index in [0.717, 1.165) is 30.4 Å². The third kappa shape index (κ3) is 3.36. The third-order valence-electron chi connectivity index (χ3n) is 5.70. The largest absolute Gasteiger partial charge is 0.431 e. The van der Waals surface area contributed by atoms with Crippen molar-refractivity contribution >= 4 is 6.09 Å². The van der Waals surface area contributed by atoms with Crippen molar-refractivity contribution < 1.29 is 9.53 Å². The Morgan fingerprint density at radius 3 is 1.89 bits per heavy atom. The molecule has 0 bridgehead atoms.